The smallest absolute Gasteiger partial charge is 0.350 e. The van der Waals surface area contributed by atoms with Gasteiger partial charge in [0.25, 0.3) is 0 Å². The molecule has 0 fully saturated rings. The normalized spacial score (nSPS) is 10.4. The van der Waals surface area contributed by atoms with Crippen LogP contribution in [0.1, 0.15) is 34.8 Å². The molecule has 0 aliphatic carbocycles. The Morgan fingerprint density at radius 3 is 2.70 bits per heavy atom. The predicted octanol–water partition coefficient (Wildman–Crippen LogP) is 4.56. The highest BCUT2D eigenvalue weighted by molar-refractivity contribution is 7.17. The minimum Gasteiger partial charge on any atom is -0.489 e. The van der Waals surface area contributed by atoms with Crippen molar-refractivity contribution >= 4 is 17.3 Å². The minimum atomic E-state index is -0.313. The number of aryl methyl sites for hydroxylation is 2. The number of nitrogens with zero attached hydrogens (tertiary/aromatic N) is 1. The van der Waals surface area contributed by atoms with Gasteiger partial charge < -0.3 is 9.47 Å². The monoisotopic (exact) mass is 331 g/mol. The van der Waals surface area contributed by atoms with E-state index in [1.807, 2.05) is 39.0 Å². The number of benzene rings is 1. The van der Waals surface area contributed by atoms with Crippen LogP contribution in [0.3, 0.4) is 0 Å². The fourth-order valence-electron chi connectivity index (χ4n) is 2.05. The summed E-state index contributed by atoms with van der Waals surface area (Å²) in [6.45, 7) is 12.2. The molecule has 0 unspecified atom stereocenters. The molecule has 0 N–H and O–H groups in total. The molecule has 2 rings (SSSR count). The fraction of sp³-hybridized carbons (Fsp3) is 0.333. The quantitative estimate of drug-likeness (QED) is 0.575. The lowest BCUT2D eigenvalue weighted by Crippen LogP contribution is -2.03. The molecule has 1 aromatic carbocycles. The van der Waals surface area contributed by atoms with Gasteiger partial charge in [0.05, 0.1) is 12.3 Å². The number of aromatic nitrogens is 1. The van der Waals surface area contributed by atoms with Gasteiger partial charge in [-0.25, -0.2) is 9.78 Å². The Hall–Kier alpha value is -2.14. The third kappa shape index (κ3) is 4.20. The van der Waals surface area contributed by atoms with E-state index in [-0.39, 0.29) is 5.97 Å². The first kappa shape index (κ1) is 17.2. The Labute approximate surface area is 140 Å². The van der Waals surface area contributed by atoms with Crippen LogP contribution < -0.4 is 4.74 Å². The van der Waals surface area contributed by atoms with E-state index < -0.39 is 0 Å². The van der Waals surface area contributed by atoms with Gasteiger partial charge in [-0.3, -0.25) is 0 Å². The van der Waals surface area contributed by atoms with Crippen molar-refractivity contribution in [2.75, 3.05) is 13.2 Å². The first-order chi connectivity index (χ1) is 10.9. The van der Waals surface area contributed by atoms with Gasteiger partial charge in [-0.05, 0) is 57.0 Å². The summed E-state index contributed by atoms with van der Waals surface area (Å²) in [7, 11) is 0. The second-order valence-corrected chi connectivity index (χ2v) is 6.38. The van der Waals surface area contributed by atoms with E-state index in [9.17, 15) is 4.79 Å². The molecule has 0 spiro atoms. The molecule has 0 radical (unpaired) electrons. The molecule has 4 nitrogen and oxygen atoms in total. The van der Waals surface area contributed by atoms with Crippen molar-refractivity contribution in [3.63, 3.8) is 0 Å². The lowest BCUT2D eigenvalue weighted by atomic mass is 10.1. The van der Waals surface area contributed by atoms with Crippen LogP contribution >= 0.6 is 11.3 Å². The molecule has 0 aliphatic heterocycles. The lowest BCUT2D eigenvalue weighted by molar-refractivity contribution is 0.0531. The Bertz CT molecular complexity index is 734. The summed E-state index contributed by atoms with van der Waals surface area (Å²) in [5.74, 6) is 0.516. The van der Waals surface area contributed by atoms with E-state index in [0.717, 1.165) is 27.5 Å². The largest absolute Gasteiger partial charge is 0.489 e. The molecule has 122 valence electrons. The Kier molecular flexibility index (Phi) is 5.55. The molecule has 0 saturated carbocycles. The zero-order valence-electron chi connectivity index (χ0n) is 13.9. The van der Waals surface area contributed by atoms with Crippen molar-refractivity contribution in [2.24, 2.45) is 0 Å². The van der Waals surface area contributed by atoms with Gasteiger partial charge in [-0.1, -0.05) is 6.58 Å². The number of thiazole rings is 1. The Morgan fingerprint density at radius 2 is 2.09 bits per heavy atom. The average Bonchev–Trinajstić information content (AvgIpc) is 2.88. The zero-order valence-corrected chi connectivity index (χ0v) is 14.8. The minimum absolute atomic E-state index is 0.313. The van der Waals surface area contributed by atoms with Gasteiger partial charge in [0, 0.05) is 5.56 Å². The van der Waals surface area contributed by atoms with Crippen molar-refractivity contribution in [1.29, 1.82) is 0 Å². The highest BCUT2D eigenvalue weighted by Gasteiger charge is 2.17. The first-order valence-electron chi connectivity index (χ1n) is 7.45. The molecular weight excluding hydrogens is 310 g/mol. The summed E-state index contributed by atoms with van der Waals surface area (Å²) >= 11 is 1.35. The summed E-state index contributed by atoms with van der Waals surface area (Å²) < 4.78 is 10.8. The molecular formula is C18H21NO3S. The molecule has 5 heteroatoms. The molecule has 0 saturated heterocycles. The van der Waals surface area contributed by atoms with Gasteiger partial charge in [0.2, 0.25) is 0 Å². The maximum atomic E-state index is 11.9. The van der Waals surface area contributed by atoms with E-state index in [4.69, 9.17) is 9.47 Å². The van der Waals surface area contributed by atoms with Gasteiger partial charge in [0.1, 0.15) is 22.2 Å². The average molecular weight is 331 g/mol. The number of hydrogen-bond acceptors (Lipinski definition) is 5. The SMILES string of the molecule is C=C(C)COc1ccc(-c2nc(C)c(C(=O)OCC)s2)cc1C. The van der Waals surface area contributed by atoms with Gasteiger partial charge in [-0.15, -0.1) is 11.3 Å². The van der Waals surface area contributed by atoms with E-state index >= 15 is 0 Å². The maximum Gasteiger partial charge on any atom is 0.350 e. The van der Waals surface area contributed by atoms with Crippen LogP contribution in [0.2, 0.25) is 0 Å². The summed E-state index contributed by atoms with van der Waals surface area (Å²) in [6.07, 6.45) is 0. The van der Waals surface area contributed by atoms with Crippen molar-refractivity contribution in [2.45, 2.75) is 27.7 Å². The van der Waals surface area contributed by atoms with E-state index in [2.05, 4.69) is 11.6 Å². The maximum absolute atomic E-state index is 11.9. The van der Waals surface area contributed by atoms with Crippen LogP contribution in [0.25, 0.3) is 10.6 Å². The van der Waals surface area contributed by atoms with Gasteiger partial charge >= 0.3 is 5.97 Å². The Morgan fingerprint density at radius 1 is 1.35 bits per heavy atom. The molecule has 1 aromatic heterocycles. The number of hydrogen-bond donors (Lipinski definition) is 0. The molecule has 23 heavy (non-hydrogen) atoms. The second kappa shape index (κ2) is 7.42. The van der Waals surface area contributed by atoms with Gasteiger partial charge in [0.15, 0.2) is 0 Å². The standard InChI is InChI=1S/C18H21NO3S/c1-6-21-18(20)16-13(5)19-17(23-16)14-7-8-15(12(4)9-14)22-10-11(2)3/h7-9H,2,6,10H2,1,3-5H3. The van der Waals surface area contributed by atoms with Crippen LogP contribution in [-0.2, 0) is 4.74 Å². The first-order valence-corrected chi connectivity index (χ1v) is 8.26. The fourth-order valence-corrected chi connectivity index (χ4v) is 3.01. The van der Waals surface area contributed by atoms with Crippen LogP contribution in [0.4, 0.5) is 0 Å². The third-order valence-electron chi connectivity index (χ3n) is 3.15. The van der Waals surface area contributed by atoms with Crippen molar-refractivity contribution in [1.82, 2.24) is 4.98 Å². The number of carbonyl (C=O) groups is 1. The molecule has 1 heterocycles. The van der Waals surface area contributed by atoms with Crippen LogP contribution in [0, 0.1) is 13.8 Å². The molecule has 0 bridgehead atoms. The highest BCUT2D eigenvalue weighted by Crippen LogP contribution is 2.31. The predicted molar refractivity (Wildman–Crippen MR) is 93.3 cm³/mol. The molecule has 0 aliphatic rings. The second-order valence-electron chi connectivity index (χ2n) is 5.38. The van der Waals surface area contributed by atoms with E-state index in [1.54, 1.807) is 6.92 Å². The van der Waals surface area contributed by atoms with Crippen LogP contribution in [0.15, 0.2) is 30.4 Å². The topological polar surface area (TPSA) is 48.4 Å². The van der Waals surface area contributed by atoms with Crippen LogP contribution in [0.5, 0.6) is 5.75 Å². The number of carbonyl (C=O) groups excluding carboxylic acids is 1. The molecule has 0 amide bonds. The van der Waals surface area contributed by atoms with Crippen molar-refractivity contribution in [3.05, 3.63) is 46.5 Å². The number of esters is 1. The summed E-state index contributed by atoms with van der Waals surface area (Å²) in [5, 5.41) is 0.806. The summed E-state index contributed by atoms with van der Waals surface area (Å²) in [5.41, 5.74) is 3.66. The number of rotatable bonds is 6. The van der Waals surface area contributed by atoms with Gasteiger partial charge in [-0.2, -0.15) is 0 Å². The lowest BCUT2D eigenvalue weighted by Gasteiger charge is -2.09. The highest BCUT2D eigenvalue weighted by atomic mass is 32.1. The van der Waals surface area contributed by atoms with Crippen molar-refractivity contribution < 1.29 is 14.3 Å². The molecule has 2 aromatic rings. The third-order valence-corrected chi connectivity index (χ3v) is 4.34. The number of ether oxygens (including phenoxy) is 2. The summed E-state index contributed by atoms with van der Waals surface area (Å²) in [4.78, 5) is 16.9. The van der Waals surface area contributed by atoms with E-state index in [1.165, 1.54) is 11.3 Å². The summed E-state index contributed by atoms with van der Waals surface area (Å²) in [6, 6.07) is 5.89. The molecule has 0 atom stereocenters. The van der Waals surface area contributed by atoms with Crippen LogP contribution in [-0.4, -0.2) is 24.2 Å². The van der Waals surface area contributed by atoms with Crippen molar-refractivity contribution in [3.8, 4) is 16.3 Å². The Balaban J connectivity index is 2.25. The zero-order chi connectivity index (χ0) is 17.0. The van der Waals surface area contributed by atoms with E-state index in [0.29, 0.717) is 23.8 Å².